The summed E-state index contributed by atoms with van der Waals surface area (Å²) in [6.07, 6.45) is -4.93. The molecule has 0 aromatic heterocycles. The summed E-state index contributed by atoms with van der Waals surface area (Å²) >= 11 is 0. The van der Waals surface area contributed by atoms with Gasteiger partial charge in [-0.2, -0.15) is 17.6 Å². The lowest BCUT2D eigenvalue weighted by Gasteiger charge is -2.02. The van der Waals surface area contributed by atoms with Crippen LogP contribution in [-0.2, 0) is 0 Å². The van der Waals surface area contributed by atoms with Gasteiger partial charge in [0.2, 0.25) is 0 Å². The molecule has 0 atom stereocenters. The first-order valence-corrected chi connectivity index (χ1v) is 1.70. The lowest BCUT2D eigenvalue weighted by atomic mass is 10.5. The Labute approximate surface area is 47.0 Å². The fourth-order valence-electron chi connectivity index (χ4n) is 0.124. The minimum absolute atomic E-state index is 2.72. The van der Waals surface area contributed by atoms with Crippen molar-refractivity contribution < 1.29 is 27.8 Å². The molecule has 0 amide bonds. The molecule has 0 saturated carbocycles. The van der Waals surface area contributed by atoms with E-state index < -0.39 is 17.9 Å². The highest BCUT2D eigenvalue weighted by atomic mass is 19.3. The molecule has 0 fully saturated rings. The zero-order valence-corrected chi connectivity index (χ0v) is 3.91. The normalized spacial score (nSPS) is 15.2. The second-order valence-electron chi connectivity index (χ2n) is 1.15. The quantitative estimate of drug-likeness (QED) is 0.431. The first-order valence-electron chi connectivity index (χ1n) is 1.70. The fourth-order valence-corrected chi connectivity index (χ4v) is 0.124. The Hall–Kier alpha value is -0.780. The van der Waals surface area contributed by atoms with E-state index in [0.717, 1.165) is 0 Å². The van der Waals surface area contributed by atoms with Crippen molar-refractivity contribution in [2.75, 3.05) is 0 Å². The lowest BCUT2D eigenvalue weighted by molar-refractivity contribution is -0.183. The molecule has 0 aromatic rings. The van der Waals surface area contributed by atoms with Crippen molar-refractivity contribution in [3.8, 4) is 0 Å². The summed E-state index contributed by atoms with van der Waals surface area (Å²) in [4.78, 5) is 0. The first-order chi connectivity index (χ1) is 3.85. The van der Waals surface area contributed by atoms with Crippen LogP contribution in [0, 0.1) is 0 Å². The SMILES string of the molecule is OC(F)=C(F)C(O)(F)F. The number of aliphatic hydroxyl groups excluding tert-OH is 1. The molecule has 0 radical (unpaired) electrons. The summed E-state index contributed by atoms with van der Waals surface area (Å²) in [6, 6.07) is -2.72. The largest absolute Gasteiger partial charge is 0.484 e. The van der Waals surface area contributed by atoms with Crippen LogP contribution in [0.15, 0.2) is 11.8 Å². The number of alkyl halides is 2. The van der Waals surface area contributed by atoms with E-state index in [9.17, 15) is 17.6 Å². The molecule has 2 N–H and O–H groups in total. The van der Waals surface area contributed by atoms with Gasteiger partial charge in [0.05, 0.1) is 0 Å². The van der Waals surface area contributed by atoms with Gasteiger partial charge in [-0.3, -0.25) is 0 Å². The Morgan fingerprint density at radius 2 is 1.56 bits per heavy atom. The van der Waals surface area contributed by atoms with Crippen molar-refractivity contribution >= 4 is 0 Å². The second kappa shape index (κ2) is 2.22. The third-order valence-corrected chi connectivity index (χ3v) is 0.445. The van der Waals surface area contributed by atoms with Gasteiger partial charge in [-0.1, -0.05) is 0 Å². The molecular formula is C3H2F4O2. The zero-order valence-electron chi connectivity index (χ0n) is 3.91. The topological polar surface area (TPSA) is 40.5 Å². The van der Waals surface area contributed by atoms with Gasteiger partial charge in [0.1, 0.15) is 0 Å². The van der Waals surface area contributed by atoms with Crippen LogP contribution in [0.1, 0.15) is 0 Å². The molecule has 0 aliphatic heterocycles. The van der Waals surface area contributed by atoms with E-state index >= 15 is 0 Å². The van der Waals surface area contributed by atoms with Crippen molar-refractivity contribution in [2.24, 2.45) is 0 Å². The maximum absolute atomic E-state index is 11.3. The molecule has 6 heteroatoms. The Morgan fingerprint density at radius 3 is 1.56 bits per heavy atom. The average molecular weight is 146 g/mol. The lowest BCUT2D eigenvalue weighted by Crippen LogP contribution is -2.16. The van der Waals surface area contributed by atoms with Crippen molar-refractivity contribution in [3.05, 3.63) is 11.8 Å². The van der Waals surface area contributed by atoms with Gasteiger partial charge in [-0.25, -0.2) is 0 Å². The monoisotopic (exact) mass is 146 g/mol. The van der Waals surface area contributed by atoms with Gasteiger partial charge in [-0.05, 0) is 0 Å². The number of hydrogen-bond acceptors (Lipinski definition) is 2. The van der Waals surface area contributed by atoms with E-state index in [-0.39, 0.29) is 0 Å². The zero-order chi connectivity index (χ0) is 7.65. The number of rotatable bonds is 1. The van der Waals surface area contributed by atoms with Crippen LogP contribution in [0.2, 0.25) is 0 Å². The van der Waals surface area contributed by atoms with Crippen molar-refractivity contribution in [3.63, 3.8) is 0 Å². The molecule has 0 spiro atoms. The first kappa shape index (κ1) is 8.22. The van der Waals surface area contributed by atoms with Crippen LogP contribution in [0.25, 0.3) is 0 Å². The Bertz CT molecular complexity index is 131. The van der Waals surface area contributed by atoms with E-state index in [1.165, 1.54) is 0 Å². The van der Waals surface area contributed by atoms with Crippen LogP contribution < -0.4 is 0 Å². The molecule has 0 bridgehead atoms. The average Bonchev–Trinajstić information content (AvgIpc) is 1.62. The molecule has 9 heavy (non-hydrogen) atoms. The van der Waals surface area contributed by atoms with Crippen molar-refractivity contribution in [1.82, 2.24) is 0 Å². The minimum Gasteiger partial charge on any atom is -0.484 e. The van der Waals surface area contributed by atoms with Crippen LogP contribution in [0.5, 0.6) is 0 Å². The van der Waals surface area contributed by atoms with Gasteiger partial charge in [0.15, 0.2) is 0 Å². The molecule has 0 aliphatic carbocycles. The van der Waals surface area contributed by atoms with Crippen LogP contribution in [-0.4, -0.2) is 16.3 Å². The van der Waals surface area contributed by atoms with E-state index in [1.807, 2.05) is 0 Å². The molecule has 0 heterocycles. The van der Waals surface area contributed by atoms with Gasteiger partial charge in [0.25, 0.3) is 5.83 Å². The number of hydrogen-bond donors (Lipinski definition) is 2. The van der Waals surface area contributed by atoms with Crippen molar-refractivity contribution in [1.29, 1.82) is 0 Å². The molecule has 0 aliphatic rings. The van der Waals surface area contributed by atoms with E-state index in [0.29, 0.717) is 0 Å². The van der Waals surface area contributed by atoms with E-state index in [1.54, 1.807) is 0 Å². The van der Waals surface area contributed by atoms with Gasteiger partial charge >= 0.3 is 12.1 Å². The summed E-state index contributed by atoms with van der Waals surface area (Å²) in [5.41, 5.74) is 0. The summed E-state index contributed by atoms with van der Waals surface area (Å²) in [5.74, 6) is -2.89. The van der Waals surface area contributed by atoms with Gasteiger partial charge in [-0.15, -0.1) is 0 Å². The summed E-state index contributed by atoms with van der Waals surface area (Å²) < 4.78 is 44.5. The predicted molar refractivity (Wildman–Crippen MR) is 19.0 cm³/mol. The van der Waals surface area contributed by atoms with E-state index in [2.05, 4.69) is 0 Å². The third kappa shape index (κ3) is 2.31. The van der Waals surface area contributed by atoms with Crippen molar-refractivity contribution in [2.45, 2.75) is 6.11 Å². The highest BCUT2D eigenvalue weighted by molar-refractivity contribution is 4.97. The summed E-state index contributed by atoms with van der Waals surface area (Å²) in [7, 11) is 0. The van der Waals surface area contributed by atoms with E-state index in [4.69, 9.17) is 10.2 Å². The maximum Gasteiger partial charge on any atom is 0.413 e. The molecule has 0 aromatic carbocycles. The third-order valence-electron chi connectivity index (χ3n) is 0.445. The minimum atomic E-state index is -4.93. The molecular weight excluding hydrogens is 144 g/mol. The highest BCUT2D eigenvalue weighted by Gasteiger charge is 2.35. The number of halogens is 4. The molecule has 0 rings (SSSR count). The predicted octanol–water partition coefficient (Wildman–Crippen LogP) is 1.24. The van der Waals surface area contributed by atoms with Crippen LogP contribution in [0.3, 0.4) is 0 Å². The second-order valence-corrected chi connectivity index (χ2v) is 1.15. The molecule has 0 unspecified atom stereocenters. The Kier molecular flexibility index (Phi) is 2.03. The summed E-state index contributed by atoms with van der Waals surface area (Å²) in [5, 5.41) is 14.6. The van der Waals surface area contributed by atoms with Crippen LogP contribution in [0.4, 0.5) is 17.6 Å². The van der Waals surface area contributed by atoms with Gasteiger partial charge < -0.3 is 10.2 Å². The smallest absolute Gasteiger partial charge is 0.413 e. The van der Waals surface area contributed by atoms with Gasteiger partial charge in [0, 0.05) is 0 Å². The summed E-state index contributed by atoms with van der Waals surface area (Å²) in [6.45, 7) is 0. The highest BCUT2D eigenvalue weighted by Crippen LogP contribution is 2.23. The Balaban J connectivity index is 4.40. The molecule has 0 saturated heterocycles. The molecule has 54 valence electrons. The van der Waals surface area contributed by atoms with Crippen LogP contribution >= 0.6 is 0 Å². The molecule has 2 nitrogen and oxygen atoms in total. The maximum atomic E-state index is 11.3. The Morgan fingerprint density at radius 1 is 1.22 bits per heavy atom. The number of aliphatic hydroxyl groups is 2. The standard InChI is InChI=1S/C3H2F4O2/c4-1(2(5)8)3(6,7)9/h8-9H. The fraction of sp³-hybridized carbons (Fsp3) is 0.333.